The van der Waals surface area contributed by atoms with E-state index < -0.39 is 67.3 Å². The molecule has 0 spiro atoms. The molecule has 0 amide bonds. The van der Waals surface area contributed by atoms with Crippen molar-refractivity contribution in [3.05, 3.63) is 85.1 Å². The Morgan fingerprint density at radius 2 is 0.765 bits per heavy atom. The normalized spacial score (nSPS) is 18.3. The second-order valence-corrected chi connectivity index (χ2v) is 22.0. The third-order valence-corrected chi connectivity index (χ3v) is 14.4. The van der Waals surface area contributed by atoms with E-state index in [2.05, 4.69) is 106 Å². The van der Waals surface area contributed by atoms with Crippen molar-refractivity contribution in [2.24, 2.45) is 0 Å². The van der Waals surface area contributed by atoms with Crippen LogP contribution in [0.3, 0.4) is 0 Å². The van der Waals surface area contributed by atoms with Gasteiger partial charge in [-0.1, -0.05) is 228 Å². The van der Waals surface area contributed by atoms with E-state index in [0.29, 0.717) is 19.3 Å². The molecule has 464 valence electrons. The van der Waals surface area contributed by atoms with Crippen LogP contribution in [0, 0.1) is 0 Å². The second kappa shape index (κ2) is 56.4. The van der Waals surface area contributed by atoms with E-state index in [1.54, 1.807) is 0 Å². The number of aliphatic hydroxyl groups is 2. The molecule has 0 bridgehead atoms. The molecular weight excluding hydrogens is 1020 g/mol. The van der Waals surface area contributed by atoms with Gasteiger partial charge in [-0.2, -0.15) is 0 Å². The van der Waals surface area contributed by atoms with Crippen molar-refractivity contribution in [2.45, 2.75) is 314 Å². The molecule has 81 heavy (non-hydrogen) atoms. The highest BCUT2D eigenvalue weighted by molar-refractivity contribution is 5.74. The lowest BCUT2D eigenvalue weighted by Crippen LogP contribution is -2.61. The van der Waals surface area contributed by atoms with Gasteiger partial charge in [0.2, 0.25) is 0 Å². The molecule has 0 aromatic rings. The van der Waals surface area contributed by atoms with Crippen LogP contribution in [0.15, 0.2) is 85.1 Å². The summed E-state index contributed by atoms with van der Waals surface area (Å²) in [6.07, 6.45) is 61.1. The number of ether oxygens (including phenoxy) is 5. The van der Waals surface area contributed by atoms with Crippen molar-refractivity contribution in [1.82, 2.24) is 0 Å². The highest BCUT2D eigenvalue weighted by Gasteiger charge is 2.50. The monoisotopic (exact) mass is 1140 g/mol. The average Bonchev–Trinajstić information content (AvgIpc) is 3.54. The quantitative estimate of drug-likeness (QED) is 0.0228. The first-order valence-corrected chi connectivity index (χ1v) is 32.6. The van der Waals surface area contributed by atoms with Crippen LogP contribution < -0.4 is 0 Å². The van der Waals surface area contributed by atoms with Crippen LogP contribution in [0.25, 0.3) is 0 Å². The van der Waals surface area contributed by atoms with Gasteiger partial charge in [-0.25, -0.2) is 4.79 Å². The number of aliphatic hydroxyl groups excluding tert-OH is 2. The van der Waals surface area contributed by atoms with Gasteiger partial charge in [-0.3, -0.25) is 14.4 Å². The first kappa shape index (κ1) is 74.9. The number of esters is 3. The minimum atomic E-state index is -1.91. The molecule has 1 fully saturated rings. The fourth-order valence-electron chi connectivity index (χ4n) is 9.38. The zero-order chi connectivity index (χ0) is 58.9. The summed E-state index contributed by atoms with van der Waals surface area (Å²) in [7, 11) is 0. The van der Waals surface area contributed by atoms with Gasteiger partial charge in [0.15, 0.2) is 24.6 Å². The van der Waals surface area contributed by atoms with Crippen LogP contribution in [0.2, 0.25) is 0 Å². The van der Waals surface area contributed by atoms with Crippen LogP contribution in [0.1, 0.15) is 278 Å². The van der Waals surface area contributed by atoms with Crippen LogP contribution >= 0.6 is 0 Å². The summed E-state index contributed by atoms with van der Waals surface area (Å²) in [6, 6.07) is 0. The SMILES string of the molecule is CCC/C=C\C/C=C\CCCCCCCC(=O)OC(COC(=O)CCCCCCCCCCC/C=C\C/C=C\CCCCC)COC1OC(C(=O)O)C(O)C(O)C1OC(=O)CCCCCCCC/C=C\C/C=C\C/C=C\CCCCC. The highest BCUT2D eigenvalue weighted by Crippen LogP contribution is 2.26. The number of aliphatic carboxylic acids is 1. The fraction of sp³-hybridized carbons (Fsp3) is 0.739. The number of carbonyl (C=O) groups excluding carboxylic acids is 3. The molecule has 0 aromatic heterocycles. The lowest BCUT2D eigenvalue weighted by Gasteiger charge is -2.40. The zero-order valence-electron chi connectivity index (χ0n) is 51.3. The Hall–Kier alpha value is -4.10. The number of rotatable bonds is 55. The van der Waals surface area contributed by atoms with Crippen molar-refractivity contribution >= 4 is 23.9 Å². The Bertz CT molecular complexity index is 1730. The molecule has 0 aromatic carbocycles. The van der Waals surface area contributed by atoms with Gasteiger partial charge < -0.3 is 39.0 Å². The maximum Gasteiger partial charge on any atom is 0.335 e. The van der Waals surface area contributed by atoms with E-state index in [4.69, 9.17) is 23.7 Å². The molecule has 0 radical (unpaired) electrons. The highest BCUT2D eigenvalue weighted by atomic mass is 16.7. The topological polar surface area (TPSA) is 175 Å². The second-order valence-electron chi connectivity index (χ2n) is 22.0. The van der Waals surface area contributed by atoms with Gasteiger partial charge in [-0.15, -0.1) is 0 Å². The molecule has 1 rings (SSSR count). The smallest absolute Gasteiger partial charge is 0.335 e. The van der Waals surface area contributed by atoms with E-state index in [1.807, 2.05) is 0 Å². The van der Waals surface area contributed by atoms with Crippen molar-refractivity contribution < 1.29 is 58.2 Å². The number of hydrogen-bond donors (Lipinski definition) is 3. The minimum absolute atomic E-state index is 0.0415. The van der Waals surface area contributed by atoms with Gasteiger partial charge in [0.25, 0.3) is 0 Å². The van der Waals surface area contributed by atoms with Crippen LogP contribution in [0.4, 0.5) is 0 Å². The number of unbranched alkanes of at least 4 members (excludes halogenated alkanes) is 27. The predicted octanol–water partition coefficient (Wildman–Crippen LogP) is 17.5. The summed E-state index contributed by atoms with van der Waals surface area (Å²) in [5.41, 5.74) is 0. The summed E-state index contributed by atoms with van der Waals surface area (Å²) in [4.78, 5) is 51.3. The third kappa shape index (κ3) is 46.0. The van der Waals surface area contributed by atoms with E-state index in [1.165, 1.54) is 83.5 Å². The Kier molecular flexibility index (Phi) is 52.1. The lowest BCUT2D eigenvalue weighted by atomic mass is 9.98. The zero-order valence-corrected chi connectivity index (χ0v) is 51.3. The van der Waals surface area contributed by atoms with Crippen LogP contribution in [-0.4, -0.2) is 89.2 Å². The Morgan fingerprint density at radius 1 is 0.407 bits per heavy atom. The van der Waals surface area contributed by atoms with Crippen molar-refractivity contribution in [2.75, 3.05) is 13.2 Å². The summed E-state index contributed by atoms with van der Waals surface area (Å²) < 4.78 is 28.5. The largest absolute Gasteiger partial charge is 0.479 e. The summed E-state index contributed by atoms with van der Waals surface area (Å²) >= 11 is 0. The van der Waals surface area contributed by atoms with Gasteiger partial charge in [0.1, 0.15) is 18.8 Å². The molecule has 1 saturated heterocycles. The standard InChI is InChI=1S/C69H116O12/c1-4-7-10-13-16-19-22-25-27-29-31-33-35-38-40-43-46-49-52-55-61(70)77-58-60(79-62(71)56-53-50-47-44-41-37-24-21-18-15-12-9-6-3)59-78-69-67(65(74)64(73)66(81-69)68(75)76)80-63(72)57-54-51-48-45-42-39-36-34-32-30-28-26-23-20-17-14-11-8-5-2/h12,15-17,19-21,24-28,32,34,60,64-67,69,73-74H,4-11,13-14,18,22-23,29-31,33,35-59H2,1-3H3,(H,75,76)/b15-12-,19-16-,20-17-,24-21-,27-25-,28-26-,34-32-. The molecule has 0 aliphatic carbocycles. The molecule has 12 nitrogen and oxygen atoms in total. The molecule has 0 saturated carbocycles. The van der Waals surface area contributed by atoms with Gasteiger partial charge in [0.05, 0.1) is 6.61 Å². The van der Waals surface area contributed by atoms with Gasteiger partial charge in [0, 0.05) is 19.3 Å². The van der Waals surface area contributed by atoms with Crippen molar-refractivity contribution in [3.63, 3.8) is 0 Å². The molecule has 1 aliphatic heterocycles. The molecule has 12 heteroatoms. The fourth-order valence-corrected chi connectivity index (χ4v) is 9.38. The third-order valence-electron chi connectivity index (χ3n) is 14.4. The van der Waals surface area contributed by atoms with Gasteiger partial charge >= 0.3 is 23.9 Å². The summed E-state index contributed by atoms with van der Waals surface area (Å²) in [5.74, 6) is -3.15. The van der Waals surface area contributed by atoms with Crippen LogP contribution in [0.5, 0.6) is 0 Å². The molecule has 6 atom stereocenters. The molecular formula is C69H116O12. The van der Waals surface area contributed by atoms with E-state index in [-0.39, 0.29) is 25.9 Å². The number of carboxylic acid groups (broad SMARTS) is 1. The number of allylic oxidation sites excluding steroid dienone is 14. The first-order chi connectivity index (χ1) is 39.6. The van der Waals surface area contributed by atoms with E-state index >= 15 is 0 Å². The molecule has 3 N–H and O–H groups in total. The molecule has 1 aliphatic rings. The Morgan fingerprint density at radius 3 is 1.17 bits per heavy atom. The van der Waals surface area contributed by atoms with Crippen molar-refractivity contribution in [1.29, 1.82) is 0 Å². The van der Waals surface area contributed by atoms with Gasteiger partial charge in [-0.05, 0) is 116 Å². The first-order valence-electron chi connectivity index (χ1n) is 32.6. The number of carbonyl (C=O) groups is 4. The maximum atomic E-state index is 13.2. The van der Waals surface area contributed by atoms with Crippen LogP contribution in [-0.2, 0) is 42.9 Å². The molecule has 6 unspecified atom stereocenters. The van der Waals surface area contributed by atoms with E-state index in [0.717, 1.165) is 135 Å². The molecule has 1 heterocycles. The maximum absolute atomic E-state index is 13.2. The lowest BCUT2D eigenvalue weighted by molar-refractivity contribution is -0.301. The minimum Gasteiger partial charge on any atom is -0.479 e. The predicted molar refractivity (Wildman–Crippen MR) is 331 cm³/mol. The summed E-state index contributed by atoms with van der Waals surface area (Å²) in [5, 5.41) is 31.6. The number of hydrogen-bond acceptors (Lipinski definition) is 11. The Balaban J connectivity index is 2.65. The number of carboxylic acids is 1. The van der Waals surface area contributed by atoms with Crippen molar-refractivity contribution in [3.8, 4) is 0 Å². The van der Waals surface area contributed by atoms with E-state index in [9.17, 15) is 34.5 Å². The summed E-state index contributed by atoms with van der Waals surface area (Å²) in [6.45, 7) is 5.88. The Labute approximate surface area is 492 Å². The average molecular weight is 1140 g/mol.